The number of nitrogens with zero attached hydrogens (tertiary/aromatic N) is 2. The largest absolute Gasteiger partial charge is 0.383 e. The minimum absolute atomic E-state index is 0.354. The molecule has 0 saturated heterocycles. The van der Waals surface area contributed by atoms with E-state index in [0.29, 0.717) is 5.41 Å². The van der Waals surface area contributed by atoms with E-state index < -0.39 is 0 Å². The second-order valence-corrected chi connectivity index (χ2v) is 5.53. The number of hydrogen-bond donors (Lipinski definition) is 1. The molecule has 1 aromatic rings. The van der Waals surface area contributed by atoms with Gasteiger partial charge in [0.1, 0.15) is 0 Å². The molecular weight excluding hydrogens is 214 g/mol. The molecule has 0 atom stereocenters. The number of nitrogens with one attached hydrogen (secondary N) is 1. The number of methoxy groups -OCH3 is 1. The molecule has 1 N–H and O–H groups in total. The van der Waals surface area contributed by atoms with Crippen LogP contribution in [0, 0.1) is 5.41 Å². The summed E-state index contributed by atoms with van der Waals surface area (Å²) in [7, 11) is 1.72. The first-order valence-corrected chi connectivity index (χ1v) is 6.23. The van der Waals surface area contributed by atoms with Crippen LogP contribution in [0.1, 0.15) is 32.9 Å². The lowest BCUT2D eigenvalue weighted by Gasteiger charge is -2.18. The number of aromatic nitrogens is 2. The molecule has 0 saturated carbocycles. The quantitative estimate of drug-likeness (QED) is 0.740. The third-order valence-electron chi connectivity index (χ3n) is 2.67. The summed E-state index contributed by atoms with van der Waals surface area (Å²) < 4.78 is 7.09. The van der Waals surface area contributed by atoms with Crippen molar-refractivity contribution < 1.29 is 4.74 Å². The third-order valence-corrected chi connectivity index (χ3v) is 2.67. The molecule has 98 valence electrons. The van der Waals surface area contributed by atoms with Crippen molar-refractivity contribution >= 4 is 0 Å². The molecule has 17 heavy (non-hydrogen) atoms. The fourth-order valence-electron chi connectivity index (χ4n) is 1.54. The number of hydrogen-bond acceptors (Lipinski definition) is 3. The van der Waals surface area contributed by atoms with Crippen LogP contribution in [0.2, 0.25) is 0 Å². The summed E-state index contributed by atoms with van der Waals surface area (Å²) in [4.78, 5) is 0. The summed E-state index contributed by atoms with van der Waals surface area (Å²) in [6.07, 6.45) is 3.01. The van der Waals surface area contributed by atoms with E-state index in [2.05, 4.69) is 41.9 Å². The van der Waals surface area contributed by atoms with Crippen LogP contribution in [-0.2, 0) is 17.8 Å². The van der Waals surface area contributed by atoms with E-state index in [4.69, 9.17) is 4.74 Å². The number of rotatable bonds is 7. The Bertz CT molecular complexity index is 315. The molecule has 0 fully saturated rings. The summed E-state index contributed by atoms with van der Waals surface area (Å²) in [5.74, 6) is 0. The van der Waals surface area contributed by atoms with Crippen LogP contribution in [-0.4, -0.2) is 30.0 Å². The van der Waals surface area contributed by atoms with E-state index >= 15 is 0 Å². The molecule has 0 bridgehead atoms. The molecule has 0 unspecified atom stereocenters. The molecule has 4 heteroatoms. The van der Waals surface area contributed by atoms with Gasteiger partial charge in [-0.2, -0.15) is 5.10 Å². The summed E-state index contributed by atoms with van der Waals surface area (Å²) in [6.45, 7) is 10.2. The second-order valence-electron chi connectivity index (χ2n) is 5.53. The predicted octanol–water partition coefficient (Wildman–Crippen LogP) is 2.06. The maximum absolute atomic E-state index is 5.00. The highest BCUT2D eigenvalue weighted by Gasteiger charge is 2.11. The molecule has 4 nitrogen and oxygen atoms in total. The highest BCUT2D eigenvalue weighted by Crippen LogP contribution is 2.19. The minimum Gasteiger partial charge on any atom is -0.383 e. The maximum atomic E-state index is 5.00. The van der Waals surface area contributed by atoms with Gasteiger partial charge in [-0.3, -0.25) is 4.68 Å². The Morgan fingerprint density at radius 1 is 1.41 bits per heavy atom. The maximum Gasteiger partial charge on any atom is 0.0587 e. The van der Waals surface area contributed by atoms with Gasteiger partial charge >= 0.3 is 0 Å². The van der Waals surface area contributed by atoms with Crippen LogP contribution in [0.25, 0.3) is 0 Å². The standard InChI is InChI=1S/C13H25N3O/c1-13(2,3)6-9-16-12(5-7-15-16)11-14-8-10-17-4/h5,7,14H,6,8-11H2,1-4H3. The zero-order chi connectivity index (χ0) is 12.7. The SMILES string of the molecule is COCCNCc1ccnn1CCC(C)(C)C. The summed E-state index contributed by atoms with van der Waals surface area (Å²) in [5.41, 5.74) is 1.59. The van der Waals surface area contributed by atoms with Crippen molar-refractivity contribution in [2.24, 2.45) is 5.41 Å². The van der Waals surface area contributed by atoms with Crippen LogP contribution in [0.3, 0.4) is 0 Å². The average molecular weight is 239 g/mol. The minimum atomic E-state index is 0.354. The van der Waals surface area contributed by atoms with Crippen LogP contribution < -0.4 is 5.32 Å². The highest BCUT2D eigenvalue weighted by molar-refractivity contribution is 5.00. The van der Waals surface area contributed by atoms with Gasteiger partial charge in [0.15, 0.2) is 0 Å². The van der Waals surface area contributed by atoms with Crippen LogP contribution in [0.4, 0.5) is 0 Å². The molecule has 0 amide bonds. The van der Waals surface area contributed by atoms with Crippen molar-refractivity contribution in [1.29, 1.82) is 0 Å². The Hall–Kier alpha value is -0.870. The topological polar surface area (TPSA) is 39.1 Å². The highest BCUT2D eigenvalue weighted by atomic mass is 16.5. The first-order chi connectivity index (χ1) is 8.03. The molecule has 0 aliphatic rings. The monoisotopic (exact) mass is 239 g/mol. The lowest BCUT2D eigenvalue weighted by atomic mass is 9.92. The van der Waals surface area contributed by atoms with Gasteiger partial charge < -0.3 is 10.1 Å². The van der Waals surface area contributed by atoms with Crippen LogP contribution >= 0.6 is 0 Å². The predicted molar refractivity (Wildman–Crippen MR) is 69.9 cm³/mol. The van der Waals surface area contributed by atoms with E-state index in [9.17, 15) is 0 Å². The second kappa shape index (κ2) is 6.77. The van der Waals surface area contributed by atoms with Crippen molar-refractivity contribution in [3.8, 4) is 0 Å². The van der Waals surface area contributed by atoms with Crippen LogP contribution in [0.15, 0.2) is 12.3 Å². The Kier molecular flexibility index (Phi) is 5.65. The van der Waals surface area contributed by atoms with E-state index in [1.165, 1.54) is 5.69 Å². The molecule has 0 aliphatic heterocycles. The zero-order valence-corrected chi connectivity index (χ0v) is 11.5. The van der Waals surface area contributed by atoms with Gasteiger partial charge in [0, 0.05) is 32.9 Å². The Morgan fingerprint density at radius 3 is 2.82 bits per heavy atom. The normalized spacial score (nSPS) is 12.0. The van der Waals surface area contributed by atoms with Gasteiger partial charge in [0.25, 0.3) is 0 Å². The Morgan fingerprint density at radius 2 is 2.18 bits per heavy atom. The molecule has 0 aliphatic carbocycles. The lowest BCUT2D eigenvalue weighted by Crippen LogP contribution is -2.21. The summed E-state index contributed by atoms with van der Waals surface area (Å²) in [6, 6.07) is 2.07. The fourth-order valence-corrected chi connectivity index (χ4v) is 1.54. The van der Waals surface area contributed by atoms with Gasteiger partial charge in [0.2, 0.25) is 0 Å². The molecule has 1 aromatic heterocycles. The van der Waals surface area contributed by atoms with Crippen molar-refractivity contribution in [2.75, 3.05) is 20.3 Å². The first kappa shape index (κ1) is 14.2. The molecule has 0 radical (unpaired) electrons. The van der Waals surface area contributed by atoms with Gasteiger partial charge in [-0.15, -0.1) is 0 Å². The van der Waals surface area contributed by atoms with Gasteiger partial charge in [-0.25, -0.2) is 0 Å². The zero-order valence-electron chi connectivity index (χ0n) is 11.5. The summed E-state index contributed by atoms with van der Waals surface area (Å²) >= 11 is 0. The smallest absolute Gasteiger partial charge is 0.0587 e. The summed E-state index contributed by atoms with van der Waals surface area (Å²) in [5, 5.41) is 7.70. The molecule has 0 aromatic carbocycles. The van der Waals surface area contributed by atoms with Crippen molar-refractivity contribution in [3.05, 3.63) is 18.0 Å². The molecule has 1 rings (SSSR count). The Labute approximate surface area is 104 Å². The molecular formula is C13H25N3O. The average Bonchev–Trinajstić information content (AvgIpc) is 2.68. The van der Waals surface area contributed by atoms with Crippen molar-refractivity contribution in [2.45, 2.75) is 40.3 Å². The van der Waals surface area contributed by atoms with E-state index in [0.717, 1.165) is 32.7 Å². The Balaban J connectivity index is 2.37. The van der Waals surface area contributed by atoms with Crippen LogP contribution in [0.5, 0.6) is 0 Å². The van der Waals surface area contributed by atoms with E-state index in [-0.39, 0.29) is 0 Å². The van der Waals surface area contributed by atoms with Gasteiger partial charge in [-0.1, -0.05) is 20.8 Å². The third kappa shape index (κ3) is 5.84. The molecule has 1 heterocycles. The molecule has 0 spiro atoms. The van der Waals surface area contributed by atoms with E-state index in [1.54, 1.807) is 7.11 Å². The number of aryl methyl sites for hydroxylation is 1. The van der Waals surface area contributed by atoms with Gasteiger partial charge in [-0.05, 0) is 17.9 Å². The number of ether oxygens (including phenoxy) is 1. The van der Waals surface area contributed by atoms with Crippen molar-refractivity contribution in [3.63, 3.8) is 0 Å². The van der Waals surface area contributed by atoms with Crippen molar-refractivity contribution in [1.82, 2.24) is 15.1 Å². The lowest BCUT2D eigenvalue weighted by molar-refractivity contribution is 0.199. The first-order valence-electron chi connectivity index (χ1n) is 6.23. The van der Waals surface area contributed by atoms with Gasteiger partial charge in [0.05, 0.1) is 12.3 Å². The van der Waals surface area contributed by atoms with E-state index in [1.807, 2.05) is 6.20 Å². The fraction of sp³-hybridized carbons (Fsp3) is 0.769.